The molecule has 7 nitrogen and oxygen atoms in total. The van der Waals surface area contributed by atoms with Crippen LogP contribution in [0.25, 0.3) is 10.2 Å². The third kappa shape index (κ3) is 6.48. The number of hydrogen-bond acceptors (Lipinski definition) is 7. The van der Waals surface area contributed by atoms with Crippen molar-refractivity contribution in [2.24, 2.45) is 0 Å². The lowest BCUT2D eigenvalue weighted by Gasteiger charge is -2.22. The summed E-state index contributed by atoms with van der Waals surface area (Å²) in [4.78, 5) is 21.2. The molecule has 1 heterocycles. The predicted molar refractivity (Wildman–Crippen MR) is 120 cm³/mol. The van der Waals surface area contributed by atoms with Crippen LogP contribution in [-0.2, 0) is 11.2 Å². The lowest BCUT2D eigenvalue weighted by atomic mass is 10.1. The van der Waals surface area contributed by atoms with Gasteiger partial charge in [0.15, 0.2) is 16.6 Å². The van der Waals surface area contributed by atoms with Gasteiger partial charge in [0, 0.05) is 19.2 Å². The maximum atomic E-state index is 13.2. The molecular weight excluding hydrogens is 459 g/mol. The molecule has 11 heteroatoms. The number of rotatable bonds is 9. The summed E-state index contributed by atoms with van der Waals surface area (Å²) in [5.41, 5.74) is 1.22. The zero-order chi connectivity index (χ0) is 24.2. The first kappa shape index (κ1) is 24.6. The second kappa shape index (κ2) is 10.3. The highest BCUT2D eigenvalue weighted by molar-refractivity contribution is 7.22. The standard InChI is InChI=1S/C22H24F3N3O4S/c1-27(2)9-10-28(20(29)12-14-5-8-17(30-3)18(11-14)31-4)21-26-16-7-6-15(13-19(16)33-21)32-22(23,24)25/h5-8,11,13H,9-10,12H2,1-4H3. The maximum Gasteiger partial charge on any atom is 0.573 e. The van der Waals surface area contributed by atoms with Crippen molar-refractivity contribution in [2.45, 2.75) is 12.8 Å². The highest BCUT2D eigenvalue weighted by atomic mass is 32.1. The molecule has 2 aromatic carbocycles. The molecule has 0 radical (unpaired) electrons. The molecule has 0 aliphatic heterocycles. The van der Waals surface area contributed by atoms with E-state index < -0.39 is 6.36 Å². The molecule has 0 aliphatic carbocycles. The van der Waals surface area contributed by atoms with Crippen molar-refractivity contribution < 1.29 is 32.2 Å². The van der Waals surface area contributed by atoms with E-state index in [1.165, 1.54) is 32.4 Å². The molecule has 0 bridgehead atoms. The largest absolute Gasteiger partial charge is 0.573 e. The first-order chi connectivity index (χ1) is 15.6. The molecule has 0 unspecified atom stereocenters. The van der Waals surface area contributed by atoms with E-state index in [1.54, 1.807) is 23.1 Å². The van der Waals surface area contributed by atoms with Crippen LogP contribution in [-0.4, -0.2) is 63.6 Å². The van der Waals surface area contributed by atoms with Crippen LogP contribution in [0.15, 0.2) is 36.4 Å². The van der Waals surface area contributed by atoms with E-state index in [4.69, 9.17) is 9.47 Å². The molecule has 1 amide bonds. The Kier molecular flexibility index (Phi) is 7.65. The number of amides is 1. The van der Waals surface area contributed by atoms with E-state index in [1.807, 2.05) is 19.0 Å². The van der Waals surface area contributed by atoms with Crippen LogP contribution in [0, 0.1) is 0 Å². The number of aromatic nitrogens is 1. The highest BCUT2D eigenvalue weighted by Crippen LogP contribution is 2.34. The van der Waals surface area contributed by atoms with Gasteiger partial charge in [0.05, 0.1) is 30.9 Å². The van der Waals surface area contributed by atoms with Gasteiger partial charge >= 0.3 is 6.36 Å². The first-order valence-corrected chi connectivity index (χ1v) is 10.7. The Morgan fingerprint density at radius 2 is 1.76 bits per heavy atom. The third-order valence-electron chi connectivity index (χ3n) is 4.69. The Balaban J connectivity index is 1.88. The summed E-state index contributed by atoms with van der Waals surface area (Å²) in [6, 6.07) is 9.16. The summed E-state index contributed by atoms with van der Waals surface area (Å²) < 4.78 is 52.7. The number of halogens is 3. The Bertz CT molecular complexity index is 1120. The van der Waals surface area contributed by atoms with Gasteiger partial charge < -0.3 is 19.1 Å². The minimum atomic E-state index is -4.78. The summed E-state index contributed by atoms with van der Waals surface area (Å²) in [5.74, 6) is 0.539. The molecule has 0 N–H and O–H groups in total. The molecule has 3 rings (SSSR count). The monoisotopic (exact) mass is 483 g/mol. The van der Waals surface area contributed by atoms with Gasteiger partial charge in [-0.1, -0.05) is 17.4 Å². The Morgan fingerprint density at radius 1 is 1.03 bits per heavy atom. The highest BCUT2D eigenvalue weighted by Gasteiger charge is 2.31. The van der Waals surface area contributed by atoms with Crippen molar-refractivity contribution in [3.8, 4) is 17.2 Å². The zero-order valence-electron chi connectivity index (χ0n) is 18.6. The van der Waals surface area contributed by atoms with E-state index in [0.717, 1.165) is 16.9 Å². The fourth-order valence-electron chi connectivity index (χ4n) is 3.09. The van der Waals surface area contributed by atoms with Crippen molar-refractivity contribution in [3.05, 3.63) is 42.0 Å². The van der Waals surface area contributed by atoms with E-state index in [-0.39, 0.29) is 18.1 Å². The van der Waals surface area contributed by atoms with Crippen LogP contribution in [0.4, 0.5) is 18.3 Å². The molecule has 0 spiro atoms. The fraction of sp³-hybridized carbons (Fsp3) is 0.364. The number of fused-ring (bicyclic) bond motifs is 1. The summed E-state index contributed by atoms with van der Waals surface area (Å²) in [6.07, 6.45) is -4.69. The second-order valence-corrected chi connectivity index (χ2v) is 8.40. The summed E-state index contributed by atoms with van der Waals surface area (Å²) in [7, 11) is 6.82. The SMILES string of the molecule is COc1ccc(CC(=O)N(CCN(C)C)c2nc3ccc(OC(F)(F)F)cc3s2)cc1OC. The fourth-order valence-corrected chi connectivity index (χ4v) is 4.13. The number of methoxy groups -OCH3 is 2. The lowest BCUT2D eigenvalue weighted by Crippen LogP contribution is -2.37. The minimum Gasteiger partial charge on any atom is -0.493 e. The van der Waals surface area contributed by atoms with Gasteiger partial charge in [-0.05, 0) is 43.9 Å². The van der Waals surface area contributed by atoms with Crippen LogP contribution in [0.1, 0.15) is 5.56 Å². The zero-order valence-corrected chi connectivity index (χ0v) is 19.4. The smallest absolute Gasteiger partial charge is 0.493 e. The molecular formula is C22H24F3N3O4S. The number of likely N-dealkylation sites (N-methyl/N-ethyl adjacent to an activating group) is 1. The second-order valence-electron chi connectivity index (χ2n) is 7.39. The number of benzene rings is 2. The van der Waals surface area contributed by atoms with Gasteiger partial charge in [0.25, 0.3) is 0 Å². The minimum absolute atomic E-state index is 0.0894. The molecule has 0 saturated heterocycles. The number of alkyl halides is 3. The Labute approximate surface area is 193 Å². The van der Waals surface area contributed by atoms with Crippen LogP contribution >= 0.6 is 11.3 Å². The van der Waals surface area contributed by atoms with Crippen molar-refractivity contribution in [1.29, 1.82) is 0 Å². The molecule has 3 aromatic rings. The summed E-state index contributed by atoms with van der Waals surface area (Å²) in [6.45, 7) is 0.945. The van der Waals surface area contributed by atoms with Crippen molar-refractivity contribution in [3.63, 3.8) is 0 Å². The van der Waals surface area contributed by atoms with Crippen LogP contribution in [0.2, 0.25) is 0 Å². The predicted octanol–water partition coefficient (Wildman–Crippen LogP) is 4.35. The maximum absolute atomic E-state index is 13.2. The molecule has 1 aromatic heterocycles. The Morgan fingerprint density at radius 3 is 2.39 bits per heavy atom. The molecule has 0 fully saturated rings. The third-order valence-corrected chi connectivity index (χ3v) is 5.73. The molecule has 178 valence electrons. The van der Waals surface area contributed by atoms with Gasteiger partial charge in [-0.25, -0.2) is 4.98 Å². The molecule has 0 saturated carbocycles. The molecule has 0 aliphatic rings. The average Bonchev–Trinajstić information content (AvgIpc) is 3.15. The van der Waals surface area contributed by atoms with Crippen molar-refractivity contribution in [2.75, 3.05) is 46.3 Å². The number of ether oxygens (including phenoxy) is 3. The van der Waals surface area contributed by atoms with Gasteiger partial charge in [0.1, 0.15) is 5.75 Å². The van der Waals surface area contributed by atoms with Crippen LogP contribution < -0.4 is 19.1 Å². The van der Waals surface area contributed by atoms with Crippen LogP contribution in [0.3, 0.4) is 0 Å². The van der Waals surface area contributed by atoms with Gasteiger partial charge in [-0.2, -0.15) is 0 Å². The normalized spacial score (nSPS) is 11.6. The number of carbonyl (C=O) groups excluding carboxylic acids is 1. The van der Waals surface area contributed by atoms with Gasteiger partial charge in [0.2, 0.25) is 5.91 Å². The van der Waals surface area contributed by atoms with E-state index in [0.29, 0.717) is 39.9 Å². The summed E-state index contributed by atoms with van der Waals surface area (Å²) in [5, 5.41) is 0.404. The quantitative estimate of drug-likeness (QED) is 0.451. The Hall–Kier alpha value is -3.05. The van der Waals surface area contributed by atoms with Crippen LogP contribution in [0.5, 0.6) is 17.2 Å². The van der Waals surface area contributed by atoms with Crippen molar-refractivity contribution >= 4 is 32.6 Å². The van der Waals surface area contributed by atoms with E-state index in [2.05, 4.69) is 9.72 Å². The lowest BCUT2D eigenvalue weighted by molar-refractivity contribution is -0.274. The molecule has 0 atom stereocenters. The average molecular weight is 484 g/mol. The number of carbonyl (C=O) groups is 1. The van der Waals surface area contributed by atoms with Gasteiger partial charge in [-0.15, -0.1) is 13.2 Å². The topological polar surface area (TPSA) is 64.1 Å². The number of hydrogen-bond donors (Lipinski definition) is 0. The van der Waals surface area contributed by atoms with E-state index in [9.17, 15) is 18.0 Å². The number of thiazole rings is 1. The summed E-state index contributed by atoms with van der Waals surface area (Å²) >= 11 is 1.13. The van der Waals surface area contributed by atoms with E-state index >= 15 is 0 Å². The number of nitrogens with zero attached hydrogens (tertiary/aromatic N) is 3. The van der Waals surface area contributed by atoms with Gasteiger partial charge in [-0.3, -0.25) is 9.69 Å². The van der Waals surface area contributed by atoms with Crippen molar-refractivity contribution in [1.82, 2.24) is 9.88 Å². The number of anilines is 1. The molecule has 33 heavy (non-hydrogen) atoms. The first-order valence-electron chi connectivity index (χ1n) is 9.92.